The average Bonchev–Trinajstić information content (AvgIpc) is 3.05. The van der Waals surface area contributed by atoms with Crippen LogP contribution in [-0.4, -0.2) is 9.78 Å². The van der Waals surface area contributed by atoms with E-state index >= 15 is 0 Å². The minimum Gasteiger partial charge on any atom is -0.489 e. The van der Waals surface area contributed by atoms with Gasteiger partial charge in [0.05, 0.1) is 11.2 Å². The Balaban J connectivity index is 1.76. The summed E-state index contributed by atoms with van der Waals surface area (Å²) in [5.41, 5.74) is 4.78. The van der Waals surface area contributed by atoms with E-state index in [-0.39, 0.29) is 0 Å². The summed E-state index contributed by atoms with van der Waals surface area (Å²) in [4.78, 5) is 0. The molecule has 3 aromatic rings. The van der Waals surface area contributed by atoms with Crippen molar-refractivity contribution in [2.75, 3.05) is 0 Å². The molecule has 3 nitrogen and oxygen atoms in total. The Bertz CT molecular complexity index is 973. The molecule has 0 bridgehead atoms. The van der Waals surface area contributed by atoms with E-state index < -0.39 is 0 Å². The summed E-state index contributed by atoms with van der Waals surface area (Å²) in [6.07, 6.45) is 4.39. The fraction of sp³-hybridized carbons (Fsp3) is 0.400. The van der Waals surface area contributed by atoms with Crippen molar-refractivity contribution in [3.8, 4) is 17.6 Å². The molecule has 2 aromatic carbocycles. The first-order valence-corrected chi connectivity index (χ1v) is 10.3. The summed E-state index contributed by atoms with van der Waals surface area (Å²) >= 11 is 0. The number of aromatic nitrogens is 2. The van der Waals surface area contributed by atoms with Crippen molar-refractivity contribution >= 4 is 10.9 Å². The van der Waals surface area contributed by atoms with Crippen LogP contribution in [0.5, 0.6) is 5.75 Å². The standard InChI is InChI=1S/C25H30N2O/c1-5-8-13-24-23-12-9-11-21(25(23)27(4)26-24)18-28-22-16-14-20(15-17-22)19(7-3)10-6-2/h9,11-12,14-17,19H,5,7-8,13,18H2,1-4H3/t19-/m1/s1. The van der Waals surface area contributed by atoms with Crippen molar-refractivity contribution in [3.63, 3.8) is 0 Å². The molecule has 0 fully saturated rings. The first-order chi connectivity index (χ1) is 13.7. The molecule has 3 rings (SSSR count). The van der Waals surface area contributed by atoms with Crippen molar-refractivity contribution in [3.05, 3.63) is 59.3 Å². The zero-order chi connectivity index (χ0) is 19.9. The van der Waals surface area contributed by atoms with Crippen LogP contribution < -0.4 is 4.74 Å². The summed E-state index contributed by atoms with van der Waals surface area (Å²) in [5, 5.41) is 6.00. The number of ether oxygens (including phenoxy) is 1. The maximum absolute atomic E-state index is 6.10. The minimum absolute atomic E-state index is 0.295. The molecule has 0 aliphatic heterocycles. The Kier molecular flexibility index (Phi) is 6.76. The average molecular weight is 375 g/mol. The maximum atomic E-state index is 6.10. The number of benzene rings is 2. The van der Waals surface area contributed by atoms with Crippen LogP contribution in [0.15, 0.2) is 42.5 Å². The van der Waals surface area contributed by atoms with Crippen LogP contribution in [0.2, 0.25) is 0 Å². The zero-order valence-corrected chi connectivity index (χ0v) is 17.5. The number of fused-ring (bicyclic) bond motifs is 1. The van der Waals surface area contributed by atoms with Gasteiger partial charge in [-0.2, -0.15) is 5.10 Å². The van der Waals surface area contributed by atoms with Crippen LogP contribution in [0.3, 0.4) is 0 Å². The molecule has 0 aliphatic carbocycles. The highest BCUT2D eigenvalue weighted by Gasteiger charge is 2.12. The van der Waals surface area contributed by atoms with Gasteiger partial charge in [-0.15, -0.1) is 5.92 Å². The van der Waals surface area contributed by atoms with Gasteiger partial charge in [0.25, 0.3) is 0 Å². The number of hydrogen-bond donors (Lipinski definition) is 0. The van der Waals surface area contributed by atoms with E-state index in [1.807, 2.05) is 30.8 Å². The number of hydrogen-bond acceptors (Lipinski definition) is 2. The molecule has 0 spiro atoms. The lowest BCUT2D eigenvalue weighted by Crippen LogP contribution is -2.00. The van der Waals surface area contributed by atoms with Crippen LogP contribution >= 0.6 is 0 Å². The van der Waals surface area contributed by atoms with Crippen LogP contribution in [-0.2, 0) is 20.1 Å². The predicted molar refractivity (Wildman–Crippen MR) is 117 cm³/mol. The molecule has 0 saturated heterocycles. The van der Waals surface area contributed by atoms with E-state index in [9.17, 15) is 0 Å². The van der Waals surface area contributed by atoms with Crippen molar-refractivity contribution in [2.24, 2.45) is 7.05 Å². The third-order valence-electron chi connectivity index (χ3n) is 5.20. The van der Waals surface area contributed by atoms with Crippen LogP contribution in [0.25, 0.3) is 10.9 Å². The summed E-state index contributed by atoms with van der Waals surface area (Å²) in [7, 11) is 2.02. The van der Waals surface area contributed by atoms with Crippen LogP contribution in [0.1, 0.15) is 62.8 Å². The quantitative estimate of drug-likeness (QED) is 0.451. The Morgan fingerprint density at radius 2 is 1.89 bits per heavy atom. The van der Waals surface area contributed by atoms with Gasteiger partial charge < -0.3 is 4.74 Å². The van der Waals surface area contributed by atoms with Gasteiger partial charge in [-0.1, -0.05) is 56.5 Å². The molecular formula is C25H30N2O. The molecule has 0 unspecified atom stereocenters. The van der Waals surface area contributed by atoms with Gasteiger partial charge in [0.1, 0.15) is 12.4 Å². The molecule has 3 heteroatoms. The number of aryl methyl sites for hydroxylation is 2. The highest BCUT2D eigenvalue weighted by atomic mass is 16.5. The lowest BCUT2D eigenvalue weighted by Gasteiger charge is -2.11. The molecule has 0 amide bonds. The van der Waals surface area contributed by atoms with Gasteiger partial charge in [-0.25, -0.2) is 0 Å². The molecule has 0 aliphatic rings. The molecule has 0 radical (unpaired) electrons. The molecule has 0 saturated carbocycles. The molecule has 146 valence electrons. The lowest BCUT2D eigenvalue weighted by molar-refractivity contribution is 0.307. The highest BCUT2D eigenvalue weighted by molar-refractivity contribution is 5.85. The second-order valence-electron chi connectivity index (χ2n) is 7.20. The molecular weight excluding hydrogens is 344 g/mol. The summed E-state index contributed by atoms with van der Waals surface area (Å²) in [6.45, 7) is 6.82. The number of unbranched alkanes of at least 4 members (excludes halogenated alkanes) is 1. The van der Waals surface area contributed by atoms with E-state index in [1.54, 1.807) is 0 Å². The Morgan fingerprint density at radius 1 is 1.11 bits per heavy atom. The van der Waals surface area contributed by atoms with Crippen LogP contribution in [0.4, 0.5) is 0 Å². The first-order valence-electron chi connectivity index (χ1n) is 10.3. The van der Waals surface area contributed by atoms with Crippen molar-refractivity contribution < 1.29 is 4.74 Å². The topological polar surface area (TPSA) is 27.1 Å². The van der Waals surface area contributed by atoms with E-state index in [0.717, 1.165) is 18.6 Å². The fourth-order valence-corrected chi connectivity index (χ4v) is 3.69. The van der Waals surface area contributed by atoms with E-state index in [1.165, 1.54) is 40.6 Å². The predicted octanol–water partition coefficient (Wildman–Crippen LogP) is 6.01. The Morgan fingerprint density at radius 3 is 2.57 bits per heavy atom. The maximum Gasteiger partial charge on any atom is 0.119 e. The Labute approximate surface area is 168 Å². The van der Waals surface area contributed by atoms with Gasteiger partial charge in [-0.05, 0) is 43.9 Å². The van der Waals surface area contributed by atoms with E-state index in [2.05, 4.69) is 56.0 Å². The van der Waals surface area contributed by atoms with Gasteiger partial charge in [0.15, 0.2) is 0 Å². The number of para-hydroxylation sites is 1. The smallest absolute Gasteiger partial charge is 0.119 e. The van der Waals surface area contributed by atoms with Crippen molar-refractivity contribution in [1.82, 2.24) is 9.78 Å². The second-order valence-corrected chi connectivity index (χ2v) is 7.20. The monoisotopic (exact) mass is 374 g/mol. The minimum atomic E-state index is 0.295. The second kappa shape index (κ2) is 9.46. The molecule has 1 aromatic heterocycles. The summed E-state index contributed by atoms with van der Waals surface area (Å²) < 4.78 is 8.09. The molecule has 28 heavy (non-hydrogen) atoms. The third-order valence-corrected chi connectivity index (χ3v) is 5.20. The van der Waals surface area contributed by atoms with Gasteiger partial charge >= 0.3 is 0 Å². The fourth-order valence-electron chi connectivity index (χ4n) is 3.69. The van der Waals surface area contributed by atoms with Gasteiger partial charge in [0.2, 0.25) is 0 Å². The van der Waals surface area contributed by atoms with E-state index in [0.29, 0.717) is 12.5 Å². The van der Waals surface area contributed by atoms with Gasteiger partial charge in [0, 0.05) is 23.9 Å². The van der Waals surface area contributed by atoms with Crippen molar-refractivity contribution in [1.29, 1.82) is 0 Å². The lowest BCUT2D eigenvalue weighted by atomic mass is 9.97. The normalized spacial score (nSPS) is 11.9. The molecule has 0 N–H and O–H groups in total. The number of rotatable bonds is 8. The molecule has 1 heterocycles. The SMILES string of the molecule is CC#C[C@@H](CC)c1ccc(OCc2cccc3c(CCCC)nn(C)c23)cc1. The van der Waals surface area contributed by atoms with E-state index in [4.69, 9.17) is 9.84 Å². The number of nitrogens with zero attached hydrogens (tertiary/aromatic N) is 2. The largest absolute Gasteiger partial charge is 0.489 e. The molecule has 1 atom stereocenters. The summed E-state index contributed by atoms with van der Waals surface area (Å²) in [6, 6.07) is 14.8. The highest BCUT2D eigenvalue weighted by Crippen LogP contribution is 2.26. The first kappa shape index (κ1) is 20.0. The van der Waals surface area contributed by atoms with Crippen LogP contribution in [0, 0.1) is 11.8 Å². The third kappa shape index (κ3) is 4.39. The van der Waals surface area contributed by atoms with Crippen molar-refractivity contribution in [2.45, 2.75) is 59.0 Å². The Hall–Kier alpha value is -2.73. The zero-order valence-electron chi connectivity index (χ0n) is 17.5. The van der Waals surface area contributed by atoms with Gasteiger partial charge in [-0.3, -0.25) is 4.68 Å². The summed E-state index contributed by atoms with van der Waals surface area (Å²) in [5.74, 6) is 7.47.